The van der Waals surface area contributed by atoms with Gasteiger partial charge in [-0.3, -0.25) is 0 Å². The molecule has 0 radical (unpaired) electrons. The summed E-state index contributed by atoms with van der Waals surface area (Å²) in [5.41, 5.74) is 2.85. The van der Waals surface area contributed by atoms with Crippen LogP contribution in [0.25, 0.3) is 22.2 Å². The lowest BCUT2D eigenvalue weighted by molar-refractivity contribution is -0.137. The Labute approximate surface area is 245 Å². The molecule has 4 saturated heterocycles. The number of fused-ring (bicyclic) bond motifs is 5. The summed E-state index contributed by atoms with van der Waals surface area (Å²) in [6.07, 6.45) is -0.120. The third-order valence-corrected chi connectivity index (χ3v) is 8.83. The van der Waals surface area contributed by atoms with E-state index in [4.69, 9.17) is 31.8 Å². The Morgan fingerprint density at radius 3 is 2.76 bits per heavy atom. The Balaban J connectivity index is 1.54. The third-order valence-electron chi connectivity index (χ3n) is 8.53. The maximum atomic E-state index is 16.6. The molecule has 0 aliphatic carbocycles. The van der Waals surface area contributed by atoms with Crippen LogP contribution in [0.1, 0.15) is 50.2 Å². The molecule has 4 fully saturated rings. The second-order valence-corrected chi connectivity index (χ2v) is 12.4. The molecule has 6 heterocycles. The van der Waals surface area contributed by atoms with Crippen LogP contribution in [0, 0.1) is 18.2 Å². The van der Waals surface area contributed by atoms with E-state index in [2.05, 4.69) is 20.2 Å². The van der Waals surface area contributed by atoms with E-state index in [1.165, 1.54) is 13.0 Å². The van der Waals surface area contributed by atoms with Gasteiger partial charge in [-0.15, -0.1) is 0 Å². The van der Waals surface area contributed by atoms with Crippen LogP contribution in [0.15, 0.2) is 12.1 Å². The highest BCUT2D eigenvalue weighted by Crippen LogP contribution is 2.45. The average Bonchev–Trinajstić information content (AvgIpc) is 3.27. The molecule has 2 aromatic heterocycles. The first kappa shape index (κ1) is 29.1. The van der Waals surface area contributed by atoms with Crippen molar-refractivity contribution in [3.05, 3.63) is 34.1 Å². The van der Waals surface area contributed by atoms with E-state index in [9.17, 15) is 13.2 Å². The van der Waals surface area contributed by atoms with Gasteiger partial charge in [0.15, 0.2) is 5.82 Å². The van der Waals surface area contributed by atoms with Crippen LogP contribution in [0.5, 0.6) is 6.01 Å². The number of nitrogen functional groups attached to an aromatic ring is 1. The van der Waals surface area contributed by atoms with Crippen molar-refractivity contribution in [2.45, 2.75) is 64.2 Å². The Kier molecular flexibility index (Phi) is 7.59. The van der Waals surface area contributed by atoms with Gasteiger partial charge in [0.2, 0.25) is 0 Å². The number of piperazine rings is 1. The highest BCUT2D eigenvalue weighted by Gasteiger charge is 2.39. The largest absolute Gasteiger partial charge is 0.463 e. The normalized spacial score (nSPS) is 24.7. The van der Waals surface area contributed by atoms with Crippen molar-refractivity contribution < 1.29 is 27.0 Å². The number of halogens is 5. The molecule has 226 valence electrons. The van der Waals surface area contributed by atoms with Gasteiger partial charge in [-0.1, -0.05) is 18.5 Å². The number of anilines is 2. The monoisotopic (exact) mass is 608 g/mol. The van der Waals surface area contributed by atoms with E-state index in [1.807, 2.05) is 6.92 Å². The fourth-order valence-corrected chi connectivity index (χ4v) is 6.70. The summed E-state index contributed by atoms with van der Waals surface area (Å²) >= 11 is 6.59. The van der Waals surface area contributed by atoms with Gasteiger partial charge in [-0.2, -0.15) is 23.1 Å². The first-order valence-electron chi connectivity index (χ1n) is 14.2. The molecule has 1 aromatic carbocycles. The Bertz CT molecular complexity index is 1510. The van der Waals surface area contributed by atoms with E-state index in [-0.39, 0.29) is 52.0 Å². The van der Waals surface area contributed by atoms with Crippen molar-refractivity contribution >= 4 is 34.1 Å². The number of nitrogens with zero attached hydrogens (tertiary/aromatic N) is 4. The molecule has 0 spiro atoms. The number of pyridine rings is 1. The number of aryl methyl sites for hydroxylation is 1. The van der Waals surface area contributed by atoms with Crippen molar-refractivity contribution in [3.8, 4) is 17.3 Å². The summed E-state index contributed by atoms with van der Waals surface area (Å²) < 4.78 is 70.9. The van der Waals surface area contributed by atoms with Gasteiger partial charge in [0, 0.05) is 42.6 Å². The molecule has 3 N–H and O–H groups in total. The van der Waals surface area contributed by atoms with E-state index in [1.54, 1.807) is 0 Å². The average molecular weight is 609 g/mol. The van der Waals surface area contributed by atoms with Crippen LogP contribution < -0.4 is 20.7 Å². The van der Waals surface area contributed by atoms with Crippen LogP contribution in [-0.2, 0) is 10.9 Å². The first-order valence-corrected chi connectivity index (χ1v) is 14.6. The van der Waals surface area contributed by atoms with Gasteiger partial charge in [-0.05, 0) is 56.7 Å². The number of ether oxygens (including phenoxy) is 2. The Morgan fingerprint density at radius 2 is 2.02 bits per heavy atom. The summed E-state index contributed by atoms with van der Waals surface area (Å²) in [6.45, 7) is 6.09. The minimum atomic E-state index is -4.83. The second-order valence-electron chi connectivity index (χ2n) is 12.0. The predicted molar refractivity (Wildman–Crippen MR) is 152 cm³/mol. The standard InChI is InChI=1S/C29H33ClF4N6O2/c1-15-9-20(35)37-25(22(15)29(32,33)34)21-19(30)10-18-24(23(21)31)38-27(42-14-28(2)7-4-8-41-13-28)39-26(18)40-12-16-5-3-6-17(40)11-36-16/h9-10,16-17,36H,3-8,11-14H2,1-2H3,(H2,35,37). The van der Waals surface area contributed by atoms with Gasteiger partial charge < -0.3 is 25.4 Å². The van der Waals surface area contributed by atoms with Crippen molar-refractivity contribution in [2.24, 2.45) is 5.41 Å². The van der Waals surface area contributed by atoms with Crippen LogP contribution in [0.4, 0.5) is 29.2 Å². The lowest BCUT2D eigenvalue weighted by Crippen LogP contribution is -2.54. The van der Waals surface area contributed by atoms with E-state index >= 15 is 4.39 Å². The molecule has 0 amide bonds. The number of hydrogen-bond donors (Lipinski definition) is 2. The summed E-state index contributed by atoms with van der Waals surface area (Å²) in [5, 5.41) is 3.59. The number of benzene rings is 1. The van der Waals surface area contributed by atoms with Crippen molar-refractivity contribution in [1.82, 2.24) is 20.3 Å². The summed E-state index contributed by atoms with van der Waals surface area (Å²) in [7, 11) is 0. The molecule has 8 nitrogen and oxygen atoms in total. The van der Waals surface area contributed by atoms with Gasteiger partial charge in [-0.25, -0.2) is 9.37 Å². The predicted octanol–water partition coefficient (Wildman–Crippen LogP) is 5.92. The maximum Gasteiger partial charge on any atom is 0.418 e. The zero-order chi connectivity index (χ0) is 29.8. The number of rotatable bonds is 5. The fraction of sp³-hybridized carbons (Fsp3) is 0.552. The zero-order valence-electron chi connectivity index (χ0n) is 23.5. The van der Waals surface area contributed by atoms with Crippen molar-refractivity contribution in [2.75, 3.05) is 43.5 Å². The van der Waals surface area contributed by atoms with Crippen molar-refractivity contribution in [1.29, 1.82) is 0 Å². The van der Waals surface area contributed by atoms with Crippen LogP contribution in [0.3, 0.4) is 0 Å². The number of alkyl halides is 3. The second kappa shape index (κ2) is 10.9. The lowest BCUT2D eigenvalue weighted by atomic mass is 9.86. The molecule has 3 atom stereocenters. The van der Waals surface area contributed by atoms with Crippen LogP contribution in [-0.4, -0.2) is 59.9 Å². The van der Waals surface area contributed by atoms with E-state index in [0.29, 0.717) is 31.0 Å². The third kappa shape index (κ3) is 5.44. The summed E-state index contributed by atoms with van der Waals surface area (Å²) in [4.78, 5) is 15.2. The van der Waals surface area contributed by atoms with Gasteiger partial charge >= 0.3 is 12.2 Å². The lowest BCUT2D eigenvalue weighted by Gasteiger charge is -2.39. The number of nitrogens with one attached hydrogen (secondary N) is 1. The van der Waals surface area contributed by atoms with E-state index in [0.717, 1.165) is 44.7 Å². The minimum absolute atomic E-state index is 0.0580. The van der Waals surface area contributed by atoms with Gasteiger partial charge in [0.05, 0.1) is 35.1 Å². The van der Waals surface area contributed by atoms with Gasteiger partial charge in [0.25, 0.3) is 0 Å². The first-order chi connectivity index (χ1) is 19.9. The molecule has 4 aliphatic rings. The highest BCUT2D eigenvalue weighted by atomic mass is 35.5. The fourth-order valence-electron chi connectivity index (χ4n) is 6.42. The molecule has 42 heavy (non-hydrogen) atoms. The number of nitrogens with two attached hydrogens (primary N) is 1. The van der Waals surface area contributed by atoms with Crippen molar-refractivity contribution in [3.63, 3.8) is 0 Å². The Morgan fingerprint density at radius 1 is 1.21 bits per heavy atom. The molecule has 0 saturated carbocycles. The summed E-state index contributed by atoms with van der Waals surface area (Å²) in [5.74, 6) is -0.785. The molecule has 7 rings (SSSR count). The molecule has 3 aromatic rings. The highest BCUT2D eigenvalue weighted by molar-refractivity contribution is 6.34. The molecular formula is C29H33ClF4N6O2. The quantitative estimate of drug-likeness (QED) is 0.345. The smallest absolute Gasteiger partial charge is 0.418 e. The number of aromatic nitrogens is 3. The van der Waals surface area contributed by atoms with Crippen LogP contribution in [0.2, 0.25) is 5.02 Å². The molecular weight excluding hydrogens is 576 g/mol. The maximum absolute atomic E-state index is 16.6. The SMILES string of the molecule is Cc1cc(N)nc(-c2c(Cl)cc3c(N4CC5CCCC4CN5)nc(OCC4(C)CCCOC4)nc3c2F)c1C(F)(F)F. The molecule has 13 heteroatoms. The molecule has 3 unspecified atom stereocenters. The topological polar surface area (TPSA) is 98.4 Å². The summed E-state index contributed by atoms with van der Waals surface area (Å²) in [6, 6.07) is 2.79. The Hall–Kier alpha value is -2.96. The van der Waals surface area contributed by atoms with Crippen LogP contribution >= 0.6 is 11.6 Å². The zero-order valence-corrected chi connectivity index (χ0v) is 24.2. The molecule has 2 bridgehead atoms. The minimum Gasteiger partial charge on any atom is -0.463 e. The van der Waals surface area contributed by atoms with Gasteiger partial charge in [0.1, 0.15) is 17.2 Å². The number of hydrogen-bond acceptors (Lipinski definition) is 8. The molecule has 4 aliphatic heterocycles. The van der Waals surface area contributed by atoms with E-state index < -0.39 is 28.8 Å².